The van der Waals surface area contributed by atoms with Crippen LogP contribution in [0.25, 0.3) is 0 Å². The summed E-state index contributed by atoms with van der Waals surface area (Å²) in [6.07, 6.45) is 6.75. The number of piperidine rings is 1. The number of nitrogens with zero attached hydrogens (tertiary/aromatic N) is 3. The number of aromatic nitrogens is 2. The normalized spacial score (nSPS) is 17.8. The van der Waals surface area contributed by atoms with Crippen molar-refractivity contribution in [2.24, 2.45) is 0 Å². The van der Waals surface area contributed by atoms with Gasteiger partial charge in [0.15, 0.2) is 0 Å². The van der Waals surface area contributed by atoms with E-state index in [2.05, 4.69) is 10.4 Å². The number of hydrogen-bond acceptors (Lipinski definition) is 3. The molecule has 6 nitrogen and oxygen atoms in total. The van der Waals surface area contributed by atoms with Crippen LogP contribution in [0.1, 0.15) is 38.6 Å². The molecule has 2 N–H and O–H groups in total. The van der Waals surface area contributed by atoms with E-state index in [4.69, 9.17) is 16.7 Å². The van der Waals surface area contributed by atoms with Crippen molar-refractivity contribution in [3.63, 3.8) is 0 Å². The summed E-state index contributed by atoms with van der Waals surface area (Å²) in [6, 6.07) is 0.387. The van der Waals surface area contributed by atoms with E-state index in [0.717, 1.165) is 32.4 Å². The first-order valence-electron chi connectivity index (χ1n) is 7.46. The molecule has 2 rings (SSSR count). The lowest BCUT2D eigenvalue weighted by Crippen LogP contribution is -2.47. The Morgan fingerprint density at radius 3 is 2.86 bits per heavy atom. The second-order valence-corrected chi connectivity index (χ2v) is 6.01. The van der Waals surface area contributed by atoms with Crippen LogP contribution in [0.3, 0.4) is 0 Å². The van der Waals surface area contributed by atoms with Crippen LogP contribution in [0.2, 0.25) is 5.02 Å². The predicted octanol–water partition coefficient (Wildman–Crippen LogP) is 2.04. The number of aliphatic hydroxyl groups is 1. The maximum absolute atomic E-state index is 12.1. The van der Waals surface area contributed by atoms with Crippen molar-refractivity contribution in [3.05, 3.63) is 17.4 Å². The molecule has 1 aliphatic heterocycles. The summed E-state index contributed by atoms with van der Waals surface area (Å²) in [5, 5.41) is 16.7. The second-order valence-electron chi connectivity index (χ2n) is 5.57. The van der Waals surface area contributed by atoms with Gasteiger partial charge in [-0.05, 0) is 32.6 Å². The molecule has 0 aromatic carbocycles. The minimum Gasteiger partial charge on any atom is -0.396 e. The fourth-order valence-electron chi connectivity index (χ4n) is 2.62. The molecule has 1 aromatic heterocycles. The molecular weight excluding hydrogens is 292 g/mol. The van der Waals surface area contributed by atoms with Crippen LogP contribution in [0.4, 0.5) is 4.79 Å². The van der Waals surface area contributed by atoms with E-state index in [1.165, 1.54) is 0 Å². The fraction of sp³-hybridized carbons (Fsp3) is 0.714. The number of carbonyl (C=O) groups is 1. The number of nitrogens with one attached hydrogen (secondary N) is 1. The Kier molecular flexibility index (Phi) is 5.87. The zero-order chi connectivity index (χ0) is 15.2. The summed E-state index contributed by atoms with van der Waals surface area (Å²) in [5.41, 5.74) is 0. The second kappa shape index (κ2) is 7.66. The third-order valence-electron chi connectivity index (χ3n) is 3.86. The molecule has 1 aromatic rings. The van der Waals surface area contributed by atoms with Crippen LogP contribution in [0.15, 0.2) is 12.4 Å². The first-order chi connectivity index (χ1) is 10.1. The Hall–Kier alpha value is -1.27. The van der Waals surface area contributed by atoms with Crippen LogP contribution in [0, 0.1) is 0 Å². The maximum Gasteiger partial charge on any atom is 0.317 e. The molecule has 1 atom stereocenters. The number of rotatable bonds is 5. The fourth-order valence-corrected chi connectivity index (χ4v) is 2.76. The summed E-state index contributed by atoms with van der Waals surface area (Å²) in [4.78, 5) is 14.0. The molecule has 2 amide bonds. The molecule has 0 spiro atoms. The summed E-state index contributed by atoms with van der Waals surface area (Å²) in [5.74, 6) is 0. The first-order valence-corrected chi connectivity index (χ1v) is 7.84. The van der Waals surface area contributed by atoms with Crippen molar-refractivity contribution in [3.8, 4) is 0 Å². The Bertz CT molecular complexity index is 458. The van der Waals surface area contributed by atoms with Crippen molar-refractivity contribution in [2.75, 3.05) is 19.7 Å². The number of carbonyl (C=O) groups excluding carboxylic acids is 1. The average Bonchev–Trinajstić information content (AvgIpc) is 2.92. The zero-order valence-corrected chi connectivity index (χ0v) is 13.1. The lowest BCUT2D eigenvalue weighted by Gasteiger charge is -2.33. The lowest BCUT2D eigenvalue weighted by atomic mass is 10.1. The molecule has 7 heteroatoms. The molecule has 0 saturated carbocycles. The van der Waals surface area contributed by atoms with Crippen LogP contribution >= 0.6 is 11.6 Å². The third-order valence-corrected chi connectivity index (χ3v) is 4.06. The summed E-state index contributed by atoms with van der Waals surface area (Å²) >= 11 is 5.88. The molecule has 2 heterocycles. The molecular formula is C14H23ClN4O2. The van der Waals surface area contributed by atoms with Gasteiger partial charge >= 0.3 is 6.03 Å². The molecule has 1 aliphatic rings. The minimum atomic E-state index is -0.0163. The lowest BCUT2D eigenvalue weighted by molar-refractivity contribution is 0.165. The van der Waals surface area contributed by atoms with Crippen molar-refractivity contribution < 1.29 is 9.90 Å². The standard InChI is InChI=1S/C14H23ClN4O2/c1-11(3-2-8-20)17-14(21)18-6-4-13(5-7-18)19-10-12(15)9-16-19/h9-11,13,20H,2-8H2,1H3,(H,17,21). The zero-order valence-electron chi connectivity index (χ0n) is 12.3. The Balaban J connectivity index is 1.76. The molecule has 1 fully saturated rings. The van der Waals surface area contributed by atoms with Gasteiger partial charge in [0.25, 0.3) is 0 Å². The Morgan fingerprint density at radius 2 is 2.29 bits per heavy atom. The monoisotopic (exact) mass is 314 g/mol. The van der Waals surface area contributed by atoms with Crippen molar-refractivity contribution in [1.29, 1.82) is 0 Å². The molecule has 21 heavy (non-hydrogen) atoms. The SMILES string of the molecule is CC(CCCO)NC(=O)N1CCC(n2cc(Cl)cn2)CC1. The Labute approximate surface area is 130 Å². The minimum absolute atomic E-state index is 0.0163. The van der Waals surface area contributed by atoms with Crippen molar-refractivity contribution in [1.82, 2.24) is 20.0 Å². The van der Waals surface area contributed by atoms with E-state index in [1.54, 1.807) is 6.20 Å². The van der Waals surface area contributed by atoms with Crippen LogP contribution < -0.4 is 5.32 Å². The van der Waals surface area contributed by atoms with Crippen molar-refractivity contribution in [2.45, 2.75) is 44.7 Å². The quantitative estimate of drug-likeness (QED) is 0.874. The van der Waals surface area contributed by atoms with E-state index in [9.17, 15) is 4.79 Å². The summed E-state index contributed by atoms with van der Waals surface area (Å²) in [7, 11) is 0. The molecule has 1 unspecified atom stereocenters. The molecule has 0 radical (unpaired) electrons. The highest BCUT2D eigenvalue weighted by atomic mass is 35.5. The smallest absolute Gasteiger partial charge is 0.317 e. The van der Waals surface area contributed by atoms with E-state index in [1.807, 2.05) is 22.7 Å². The number of halogens is 1. The molecule has 0 bridgehead atoms. The van der Waals surface area contributed by atoms with Gasteiger partial charge in [0, 0.05) is 31.9 Å². The number of amides is 2. The highest BCUT2D eigenvalue weighted by Gasteiger charge is 2.24. The highest BCUT2D eigenvalue weighted by molar-refractivity contribution is 6.30. The van der Waals surface area contributed by atoms with Crippen LogP contribution in [-0.4, -0.2) is 51.6 Å². The molecule has 1 saturated heterocycles. The van der Waals surface area contributed by atoms with Gasteiger partial charge in [0.05, 0.1) is 17.3 Å². The number of hydrogen-bond donors (Lipinski definition) is 2. The van der Waals surface area contributed by atoms with Crippen molar-refractivity contribution >= 4 is 17.6 Å². The topological polar surface area (TPSA) is 70.4 Å². The van der Waals surface area contributed by atoms with Gasteiger partial charge in [-0.2, -0.15) is 5.10 Å². The largest absolute Gasteiger partial charge is 0.396 e. The van der Waals surface area contributed by atoms with Gasteiger partial charge in [0.2, 0.25) is 0 Å². The maximum atomic E-state index is 12.1. The van der Waals surface area contributed by atoms with Gasteiger partial charge in [-0.1, -0.05) is 11.6 Å². The third kappa shape index (κ3) is 4.61. The van der Waals surface area contributed by atoms with Gasteiger partial charge in [-0.15, -0.1) is 0 Å². The molecule has 0 aliphatic carbocycles. The van der Waals surface area contributed by atoms with E-state index in [-0.39, 0.29) is 18.7 Å². The van der Waals surface area contributed by atoms with Crippen LogP contribution in [0.5, 0.6) is 0 Å². The van der Waals surface area contributed by atoms with Gasteiger partial charge in [-0.25, -0.2) is 4.79 Å². The number of urea groups is 1. The van der Waals surface area contributed by atoms with Gasteiger partial charge < -0.3 is 15.3 Å². The Morgan fingerprint density at radius 1 is 1.57 bits per heavy atom. The van der Waals surface area contributed by atoms with E-state index in [0.29, 0.717) is 17.5 Å². The van der Waals surface area contributed by atoms with Gasteiger partial charge in [-0.3, -0.25) is 4.68 Å². The number of aliphatic hydroxyl groups excluding tert-OH is 1. The highest BCUT2D eigenvalue weighted by Crippen LogP contribution is 2.23. The number of likely N-dealkylation sites (tertiary alicyclic amines) is 1. The van der Waals surface area contributed by atoms with E-state index >= 15 is 0 Å². The average molecular weight is 315 g/mol. The molecule has 118 valence electrons. The predicted molar refractivity (Wildman–Crippen MR) is 81.4 cm³/mol. The van der Waals surface area contributed by atoms with Gasteiger partial charge in [0.1, 0.15) is 0 Å². The van der Waals surface area contributed by atoms with Crippen LogP contribution in [-0.2, 0) is 0 Å². The summed E-state index contributed by atoms with van der Waals surface area (Å²) < 4.78 is 1.89. The summed E-state index contributed by atoms with van der Waals surface area (Å²) in [6.45, 7) is 3.57. The van der Waals surface area contributed by atoms with E-state index < -0.39 is 0 Å². The first kappa shape index (κ1) is 16.1.